The molecular weight excluding hydrogens is 386 g/mol. The van der Waals surface area contributed by atoms with Crippen molar-refractivity contribution in [2.75, 3.05) is 21.3 Å². The van der Waals surface area contributed by atoms with Crippen LogP contribution in [-0.2, 0) is 4.79 Å². The van der Waals surface area contributed by atoms with Gasteiger partial charge in [0.1, 0.15) is 17.2 Å². The lowest BCUT2D eigenvalue weighted by Crippen LogP contribution is -2.53. The summed E-state index contributed by atoms with van der Waals surface area (Å²) in [6, 6.07) is 13.0. The van der Waals surface area contributed by atoms with Crippen LogP contribution in [0.3, 0.4) is 0 Å². The van der Waals surface area contributed by atoms with Crippen LogP contribution in [0.2, 0.25) is 0 Å². The van der Waals surface area contributed by atoms with Crippen molar-refractivity contribution in [1.82, 2.24) is 16.2 Å². The Labute approximate surface area is 175 Å². The number of nitrogens with one attached hydrogen (secondary N) is 3. The Morgan fingerprint density at radius 2 is 1.77 bits per heavy atom. The van der Waals surface area contributed by atoms with Crippen LogP contribution in [0.5, 0.6) is 17.2 Å². The van der Waals surface area contributed by atoms with Crippen LogP contribution in [0.15, 0.2) is 42.5 Å². The number of ether oxygens (including phenoxy) is 3. The molecular formula is C22H27N3O5. The lowest BCUT2D eigenvalue weighted by Gasteiger charge is -2.39. The second kappa shape index (κ2) is 8.51. The summed E-state index contributed by atoms with van der Waals surface area (Å²) in [6.07, 6.45) is 0.232. The summed E-state index contributed by atoms with van der Waals surface area (Å²) >= 11 is 0. The zero-order valence-electron chi connectivity index (χ0n) is 17.2. The number of benzene rings is 2. The standard InChI is InChI=1S/C22H27N3O5/c1-28-13-6-4-5-12(9-13)20-19-16(22(26)27)11-17(23-21(19)25-24-20)15-8-7-14(29-2)10-18(15)30-3/h4-10,16-17,19-21,23-25H,11H2,1-3H3,(H,26,27). The van der Waals surface area contributed by atoms with Gasteiger partial charge in [0, 0.05) is 23.6 Å². The number of aliphatic carboxylic acids is 1. The summed E-state index contributed by atoms with van der Waals surface area (Å²) in [5, 5.41) is 13.6. The maximum absolute atomic E-state index is 12.3. The first-order chi connectivity index (χ1) is 14.5. The predicted molar refractivity (Wildman–Crippen MR) is 110 cm³/mol. The molecule has 0 bridgehead atoms. The molecule has 8 nitrogen and oxygen atoms in total. The quantitative estimate of drug-likeness (QED) is 0.572. The van der Waals surface area contributed by atoms with Crippen LogP contribution >= 0.6 is 0 Å². The third kappa shape index (κ3) is 3.69. The van der Waals surface area contributed by atoms with E-state index in [0.717, 1.165) is 16.9 Å². The molecule has 2 fully saturated rings. The molecule has 0 saturated carbocycles. The van der Waals surface area contributed by atoms with E-state index < -0.39 is 11.9 Å². The van der Waals surface area contributed by atoms with Crippen molar-refractivity contribution in [2.24, 2.45) is 11.8 Å². The molecule has 4 rings (SSSR count). The first-order valence-corrected chi connectivity index (χ1v) is 9.91. The highest BCUT2D eigenvalue weighted by Gasteiger charge is 2.49. The number of hydrazine groups is 1. The molecule has 0 amide bonds. The molecule has 0 spiro atoms. The van der Waals surface area contributed by atoms with Gasteiger partial charge in [-0.25, -0.2) is 10.9 Å². The van der Waals surface area contributed by atoms with Gasteiger partial charge in [0.2, 0.25) is 0 Å². The minimum absolute atomic E-state index is 0.155. The number of rotatable bonds is 6. The summed E-state index contributed by atoms with van der Waals surface area (Å²) in [4.78, 5) is 12.3. The van der Waals surface area contributed by atoms with Crippen molar-refractivity contribution in [3.05, 3.63) is 53.6 Å². The predicted octanol–water partition coefficient (Wildman–Crippen LogP) is 2.24. The minimum Gasteiger partial charge on any atom is -0.497 e. The molecule has 0 aliphatic carbocycles. The number of methoxy groups -OCH3 is 3. The van der Waals surface area contributed by atoms with E-state index in [1.54, 1.807) is 21.3 Å². The molecule has 2 saturated heterocycles. The van der Waals surface area contributed by atoms with Crippen molar-refractivity contribution in [3.8, 4) is 17.2 Å². The number of carbonyl (C=O) groups is 1. The molecule has 160 valence electrons. The maximum atomic E-state index is 12.3. The average molecular weight is 413 g/mol. The Kier molecular flexibility index (Phi) is 5.80. The number of piperidine rings is 1. The van der Waals surface area contributed by atoms with E-state index in [9.17, 15) is 9.90 Å². The van der Waals surface area contributed by atoms with E-state index in [1.165, 1.54) is 0 Å². The van der Waals surface area contributed by atoms with Gasteiger partial charge in [0.15, 0.2) is 0 Å². The Balaban J connectivity index is 1.64. The van der Waals surface area contributed by atoms with Crippen LogP contribution < -0.4 is 30.4 Å². The topological polar surface area (TPSA) is 101 Å². The van der Waals surface area contributed by atoms with Gasteiger partial charge >= 0.3 is 5.97 Å². The van der Waals surface area contributed by atoms with Crippen LogP contribution in [0, 0.1) is 11.8 Å². The van der Waals surface area contributed by atoms with Crippen molar-refractivity contribution >= 4 is 5.97 Å². The average Bonchev–Trinajstić information content (AvgIpc) is 3.21. The zero-order chi connectivity index (χ0) is 21.3. The van der Waals surface area contributed by atoms with Crippen molar-refractivity contribution in [2.45, 2.75) is 24.7 Å². The van der Waals surface area contributed by atoms with Crippen LogP contribution in [-0.4, -0.2) is 38.6 Å². The Bertz CT molecular complexity index is 921. The zero-order valence-corrected chi connectivity index (χ0v) is 17.2. The second-order valence-corrected chi connectivity index (χ2v) is 7.61. The number of fused-ring (bicyclic) bond motifs is 1. The van der Waals surface area contributed by atoms with Gasteiger partial charge in [0.25, 0.3) is 0 Å². The molecule has 0 radical (unpaired) electrons. The molecule has 30 heavy (non-hydrogen) atoms. The van der Waals surface area contributed by atoms with Crippen LogP contribution in [0.25, 0.3) is 0 Å². The van der Waals surface area contributed by atoms with Gasteiger partial charge in [-0.1, -0.05) is 18.2 Å². The number of hydrogen-bond donors (Lipinski definition) is 4. The molecule has 5 atom stereocenters. The van der Waals surface area contributed by atoms with E-state index in [-0.39, 0.29) is 24.2 Å². The summed E-state index contributed by atoms with van der Waals surface area (Å²) in [6.45, 7) is 0. The van der Waals surface area contributed by atoms with E-state index in [0.29, 0.717) is 17.9 Å². The number of carboxylic acids is 1. The Hall–Kier alpha value is -2.81. The van der Waals surface area contributed by atoms with Gasteiger partial charge in [-0.15, -0.1) is 0 Å². The third-order valence-electron chi connectivity index (χ3n) is 6.09. The lowest BCUT2D eigenvalue weighted by atomic mass is 9.74. The summed E-state index contributed by atoms with van der Waals surface area (Å²) < 4.78 is 16.2. The SMILES string of the molecule is COc1cccc(C2NNC3NC(c4ccc(OC)cc4OC)CC(C(=O)O)C32)c1. The van der Waals surface area contributed by atoms with Gasteiger partial charge in [0.05, 0.1) is 39.5 Å². The fraction of sp³-hybridized carbons (Fsp3) is 0.409. The smallest absolute Gasteiger partial charge is 0.307 e. The molecule has 2 aromatic carbocycles. The van der Waals surface area contributed by atoms with Gasteiger partial charge in [-0.05, 0) is 30.2 Å². The lowest BCUT2D eigenvalue weighted by molar-refractivity contribution is -0.146. The highest BCUT2D eigenvalue weighted by molar-refractivity contribution is 5.71. The molecule has 2 aliphatic rings. The van der Waals surface area contributed by atoms with Crippen LogP contribution in [0.1, 0.15) is 29.6 Å². The first-order valence-electron chi connectivity index (χ1n) is 9.91. The van der Waals surface area contributed by atoms with Gasteiger partial charge in [-0.3, -0.25) is 10.1 Å². The van der Waals surface area contributed by atoms with E-state index in [1.807, 2.05) is 42.5 Å². The molecule has 8 heteroatoms. The summed E-state index contributed by atoms with van der Waals surface area (Å²) in [5.41, 5.74) is 8.45. The summed E-state index contributed by atoms with van der Waals surface area (Å²) in [5.74, 6) is 0.584. The van der Waals surface area contributed by atoms with E-state index in [4.69, 9.17) is 14.2 Å². The third-order valence-corrected chi connectivity index (χ3v) is 6.09. The Morgan fingerprint density at radius 3 is 2.47 bits per heavy atom. The molecule has 4 N–H and O–H groups in total. The van der Waals surface area contributed by atoms with E-state index in [2.05, 4.69) is 16.2 Å². The molecule has 2 aromatic rings. The number of hydrogen-bond acceptors (Lipinski definition) is 7. The van der Waals surface area contributed by atoms with Crippen molar-refractivity contribution < 1.29 is 24.1 Å². The van der Waals surface area contributed by atoms with Crippen LogP contribution in [0.4, 0.5) is 0 Å². The molecule has 2 heterocycles. The van der Waals surface area contributed by atoms with Crippen molar-refractivity contribution in [3.63, 3.8) is 0 Å². The monoisotopic (exact) mass is 413 g/mol. The Morgan fingerprint density at radius 1 is 1.00 bits per heavy atom. The highest BCUT2D eigenvalue weighted by atomic mass is 16.5. The minimum atomic E-state index is -0.803. The molecule has 0 aromatic heterocycles. The van der Waals surface area contributed by atoms with E-state index >= 15 is 0 Å². The fourth-order valence-electron chi connectivity index (χ4n) is 4.61. The maximum Gasteiger partial charge on any atom is 0.307 e. The highest BCUT2D eigenvalue weighted by Crippen LogP contribution is 2.44. The summed E-state index contributed by atoms with van der Waals surface area (Å²) in [7, 11) is 4.83. The van der Waals surface area contributed by atoms with Gasteiger partial charge < -0.3 is 19.3 Å². The second-order valence-electron chi connectivity index (χ2n) is 7.61. The van der Waals surface area contributed by atoms with Crippen molar-refractivity contribution in [1.29, 1.82) is 0 Å². The molecule has 2 aliphatic heterocycles. The fourth-order valence-corrected chi connectivity index (χ4v) is 4.61. The number of carboxylic acid groups (broad SMARTS) is 1. The normalized spacial score (nSPS) is 27.9. The largest absolute Gasteiger partial charge is 0.497 e. The first kappa shape index (κ1) is 20.5. The van der Waals surface area contributed by atoms with Gasteiger partial charge in [-0.2, -0.15) is 0 Å². The molecule has 5 unspecified atom stereocenters.